The van der Waals surface area contributed by atoms with Gasteiger partial charge >= 0.3 is 24.1 Å². The molecule has 0 atom stereocenters. The summed E-state index contributed by atoms with van der Waals surface area (Å²) in [5.41, 5.74) is 0. The SMILES string of the molecule is CC(C)OC(=O)N=NC(=O)OC(C)C.O=C1C=CC(=O)O1. The van der Waals surface area contributed by atoms with Crippen molar-refractivity contribution in [3.63, 3.8) is 0 Å². The third kappa shape index (κ3) is 11.0. The lowest BCUT2D eigenvalue weighted by Crippen LogP contribution is -2.09. The van der Waals surface area contributed by atoms with E-state index in [0.29, 0.717) is 0 Å². The molecule has 1 heterocycles. The molecule has 0 aromatic rings. The minimum Gasteiger partial charge on any atom is -0.444 e. The smallest absolute Gasteiger partial charge is 0.444 e. The molecule has 0 N–H and O–H groups in total. The maximum absolute atomic E-state index is 10.8. The molecule has 21 heavy (non-hydrogen) atoms. The van der Waals surface area contributed by atoms with Gasteiger partial charge in [-0.3, -0.25) is 0 Å². The summed E-state index contributed by atoms with van der Waals surface area (Å²) in [5.74, 6) is -1.16. The Morgan fingerprint density at radius 3 is 1.43 bits per heavy atom. The number of hydrogen-bond acceptors (Lipinski definition) is 7. The summed E-state index contributed by atoms with van der Waals surface area (Å²) in [5, 5.41) is 6.01. The molecule has 9 heteroatoms. The predicted molar refractivity (Wildman–Crippen MR) is 68.3 cm³/mol. The fourth-order valence-electron chi connectivity index (χ4n) is 0.835. The first-order chi connectivity index (χ1) is 9.70. The lowest BCUT2D eigenvalue weighted by Gasteiger charge is -2.03. The number of azo groups is 1. The fraction of sp³-hybridized carbons (Fsp3) is 0.500. The van der Waals surface area contributed by atoms with Crippen LogP contribution < -0.4 is 0 Å². The Morgan fingerprint density at radius 1 is 0.905 bits per heavy atom. The average molecular weight is 300 g/mol. The maximum Gasteiger partial charge on any atom is 0.452 e. The van der Waals surface area contributed by atoms with Crippen LogP contribution in [0.1, 0.15) is 27.7 Å². The highest BCUT2D eigenvalue weighted by Crippen LogP contribution is 1.96. The molecule has 0 aromatic heterocycles. The summed E-state index contributed by atoms with van der Waals surface area (Å²) in [6.07, 6.45) is -0.212. The van der Waals surface area contributed by atoms with Crippen molar-refractivity contribution in [3.05, 3.63) is 12.2 Å². The van der Waals surface area contributed by atoms with Gasteiger partial charge in [0.05, 0.1) is 12.2 Å². The molecule has 0 unspecified atom stereocenters. The highest BCUT2D eigenvalue weighted by atomic mass is 16.6. The van der Waals surface area contributed by atoms with E-state index in [2.05, 4.69) is 24.4 Å². The van der Waals surface area contributed by atoms with Gasteiger partial charge in [-0.25, -0.2) is 19.2 Å². The van der Waals surface area contributed by atoms with Crippen LogP contribution in [0.4, 0.5) is 9.59 Å². The van der Waals surface area contributed by atoms with Crippen molar-refractivity contribution in [1.29, 1.82) is 0 Å². The lowest BCUT2D eigenvalue weighted by molar-refractivity contribution is -0.150. The average Bonchev–Trinajstić information content (AvgIpc) is 2.69. The van der Waals surface area contributed by atoms with E-state index in [9.17, 15) is 19.2 Å². The summed E-state index contributed by atoms with van der Waals surface area (Å²) in [7, 11) is 0. The summed E-state index contributed by atoms with van der Waals surface area (Å²) in [6, 6.07) is 0. The molecule has 1 aliphatic heterocycles. The van der Waals surface area contributed by atoms with E-state index < -0.39 is 24.1 Å². The van der Waals surface area contributed by atoms with Crippen LogP contribution in [0.3, 0.4) is 0 Å². The van der Waals surface area contributed by atoms with E-state index in [-0.39, 0.29) is 12.2 Å². The van der Waals surface area contributed by atoms with Crippen LogP contribution in [0.15, 0.2) is 22.4 Å². The van der Waals surface area contributed by atoms with Crippen LogP contribution in [0, 0.1) is 0 Å². The largest absolute Gasteiger partial charge is 0.452 e. The second kappa shape index (κ2) is 9.34. The van der Waals surface area contributed by atoms with Gasteiger partial charge < -0.3 is 14.2 Å². The number of carbonyl (C=O) groups excluding carboxylic acids is 4. The van der Waals surface area contributed by atoms with Crippen LogP contribution >= 0.6 is 0 Å². The first-order valence-corrected chi connectivity index (χ1v) is 5.97. The van der Waals surface area contributed by atoms with Gasteiger partial charge in [-0.2, -0.15) is 0 Å². The summed E-state index contributed by atoms with van der Waals surface area (Å²) in [4.78, 5) is 41.4. The Morgan fingerprint density at radius 2 is 1.24 bits per heavy atom. The first kappa shape index (κ1) is 18.4. The third-order valence-corrected chi connectivity index (χ3v) is 1.44. The van der Waals surface area contributed by atoms with E-state index in [1.807, 2.05) is 0 Å². The van der Waals surface area contributed by atoms with Crippen molar-refractivity contribution < 1.29 is 33.4 Å². The third-order valence-electron chi connectivity index (χ3n) is 1.44. The van der Waals surface area contributed by atoms with Gasteiger partial charge in [-0.05, 0) is 27.7 Å². The molecule has 9 nitrogen and oxygen atoms in total. The monoisotopic (exact) mass is 300 g/mol. The minimum atomic E-state index is -0.902. The molecule has 0 aliphatic carbocycles. The standard InChI is InChI=1S/C8H14N2O4.C4H2O3/c1-5(2)13-7(11)9-10-8(12)14-6(3)4;5-3-1-2-4(6)7-3/h5-6H,1-4H3;1-2H. The molecule has 0 saturated heterocycles. The second-order valence-electron chi connectivity index (χ2n) is 4.14. The van der Waals surface area contributed by atoms with Crippen LogP contribution in [0.2, 0.25) is 0 Å². The Kier molecular flexibility index (Phi) is 8.20. The molecule has 116 valence electrons. The van der Waals surface area contributed by atoms with Crippen molar-refractivity contribution in [2.75, 3.05) is 0 Å². The minimum absolute atomic E-state index is 0.289. The molecule has 0 saturated carbocycles. The van der Waals surface area contributed by atoms with Gasteiger partial charge in [0.1, 0.15) is 0 Å². The van der Waals surface area contributed by atoms with Gasteiger partial charge in [0.15, 0.2) is 0 Å². The topological polar surface area (TPSA) is 121 Å². The highest BCUT2D eigenvalue weighted by molar-refractivity contribution is 6.04. The number of amides is 2. The van der Waals surface area contributed by atoms with Crippen molar-refractivity contribution in [1.82, 2.24) is 0 Å². The van der Waals surface area contributed by atoms with Gasteiger partial charge in [-0.15, -0.1) is 0 Å². The molecule has 0 bridgehead atoms. The van der Waals surface area contributed by atoms with Crippen molar-refractivity contribution in [2.24, 2.45) is 10.2 Å². The van der Waals surface area contributed by atoms with Gasteiger partial charge in [0.25, 0.3) is 0 Å². The zero-order valence-electron chi connectivity index (χ0n) is 12.1. The number of hydrogen-bond donors (Lipinski definition) is 0. The number of esters is 2. The maximum atomic E-state index is 10.8. The normalized spacial score (nSPS) is 13.2. The molecule has 0 radical (unpaired) electrons. The van der Waals surface area contributed by atoms with E-state index in [4.69, 9.17) is 0 Å². The highest BCUT2D eigenvalue weighted by Gasteiger charge is 2.10. The number of carbonyl (C=O) groups is 4. The Hall–Kier alpha value is -2.58. The van der Waals surface area contributed by atoms with Crippen LogP contribution in [-0.2, 0) is 23.8 Å². The van der Waals surface area contributed by atoms with Gasteiger partial charge in [0, 0.05) is 12.2 Å². The molecule has 0 aromatic carbocycles. The molecule has 1 rings (SSSR count). The summed E-state index contributed by atoms with van der Waals surface area (Å²) in [6.45, 7) is 6.67. The fourth-order valence-corrected chi connectivity index (χ4v) is 0.835. The van der Waals surface area contributed by atoms with E-state index in [0.717, 1.165) is 12.2 Å². The van der Waals surface area contributed by atoms with E-state index >= 15 is 0 Å². The van der Waals surface area contributed by atoms with Crippen LogP contribution in [-0.4, -0.2) is 36.3 Å². The van der Waals surface area contributed by atoms with Gasteiger partial charge in [0.2, 0.25) is 0 Å². The van der Waals surface area contributed by atoms with Crippen molar-refractivity contribution in [2.45, 2.75) is 39.9 Å². The molecule has 0 spiro atoms. The summed E-state index contributed by atoms with van der Waals surface area (Å²) >= 11 is 0. The van der Waals surface area contributed by atoms with Crippen LogP contribution in [0.25, 0.3) is 0 Å². The van der Waals surface area contributed by atoms with Crippen LogP contribution in [0.5, 0.6) is 0 Å². The number of cyclic esters (lactones) is 2. The molecular weight excluding hydrogens is 284 g/mol. The van der Waals surface area contributed by atoms with Crippen molar-refractivity contribution in [3.8, 4) is 0 Å². The van der Waals surface area contributed by atoms with Crippen molar-refractivity contribution >= 4 is 24.1 Å². The lowest BCUT2D eigenvalue weighted by atomic mass is 10.5. The first-order valence-electron chi connectivity index (χ1n) is 5.97. The number of ether oxygens (including phenoxy) is 3. The molecule has 0 fully saturated rings. The summed E-state index contributed by atoms with van der Waals surface area (Å²) < 4.78 is 13.2. The van der Waals surface area contributed by atoms with E-state index in [1.54, 1.807) is 27.7 Å². The molecule has 1 aliphatic rings. The quantitative estimate of drug-likeness (QED) is 0.331. The van der Waals surface area contributed by atoms with E-state index in [1.165, 1.54) is 0 Å². The Bertz CT molecular complexity index is 426. The Balaban J connectivity index is 0.000000471. The molecular formula is C12H16N2O7. The number of rotatable bonds is 2. The zero-order chi connectivity index (χ0) is 16.4. The molecule has 2 amide bonds. The second-order valence-corrected chi connectivity index (χ2v) is 4.14. The predicted octanol–water partition coefficient (Wildman–Crippen LogP) is 2.15. The number of nitrogens with zero attached hydrogens (tertiary/aromatic N) is 2. The Labute approximate surface area is 120 Å². The van der Waals surface area contributed by atoms with Gasteiger partial charge in [-0.1, -0.05) is 10.2 Å². The zero-order valence-corrected chi connectivity index (χ0v) is 12.1.